The van der Waals surface area contributed by atoms with Crippen LogP contribution in [0.25, 0.3) is 0 Å². The molecule has 1 fully saturated rings. The number of rotatable bonds is 10. The molecule has 0 amide bonds. The molecule has 6 nitrogen and oxygen atoms in total. The first-order chi connectivity index (χ1) is 13.3. The molecular weight excluding hydrogens is 360 g/mol. The lowest BCUT2D eigenvalue weighted by atomic mass is 9.96. The van der Waals surface area contributed by atoms with Gasteiger partial charge in [0.15, 0.2) is 5.79 Å². The van der Waals surface area contributed by atoms with Gasteiger partial charge in [-0.3, -0.25) is 4.79 Å². The predicted octanol–water partition coefficient (Wildman–Crippen LogP) is 2.98. The van der Waals surface area contributed by atoms with Crippen LogP contribution in [0.5, 0.6) is 0 Å². The Morgan fingerprint density at radius 3 is 2.54 bits per heavy atom. The van der Waals surface area contributed by atoms with Crippen LogP contribution < -0.4 is 0 Å². The number of hydrogen-bond acceptors (Lipinski definition) is 6. The maximum Gasteiger partial charge on any atom is 0.308 e. The van der Waals surface area contributed by atoms with E-state index in [1.165, 1.54) is 5.56 Å². The Hall–Kier alpha value is -1.47. The second-order valence-electron chi connectivity index (χ2n) is 7.93. The third kappa shape index (κ3) is 8.27. The zero-order valence-corrected chi connectivity index (χ0v) is 17.2. The fraction of sp³-hybridized carbons (Fsp3) is 0.682. The second-order valence-corrected chi connectivity index (χ2v) is 7.93. The van der Waals surface area contributed by atoms with E-state index >= 15 is 0 Å². The van der Waals surface area contributed by atoms with Crippen LogP contribution in [0.4, 0.5) is 0 Å². The molecule has 0 saturated carbocycles. The molecule has 0 spiro atoms. The summed E-state index contributed by atoms with van der Waals surface area (Å²) in [6.07, 6.45) is 1.13. The number of esters is 1. The number of benzene rings is 1. The average Bonchev–Trinajstić information content (AvgIpc) is 2.59. The minimum Gasteiger partial charge on any atom is -0.466 e. The topological polar surface area (TPSA) is 85.2 Å². The monoisotopic (exact) mass is 394 g/mol. The van der Waals surface area contributed by atoms with Gasteiger partial charge in [-0.05, 0) is 52.0 Å². The first kappa shape index (κ1) is 22.8. The van der Waals surface area contributed by atoms with Crippen LogP contribution in [0.1, 0.15) is 58.4 Å². The number of aliphatic hydroxyl groups excluding tert-OH is 2. The van der Waals surface area contributed by atoms with Crippen LogP contribution >= 0.6 is 0 Å². The van der Waals surface area contributed by atoms with Gasteiger partial charge in [-0.1, -0.05) is 30.3 Å². The van der Waals surface area contributed by atoms with E-state index in [1.54, 1.807) is 6.92 Å². The molecule has 6 heteroatoms. The van der Waals surface area contributed by atoms with E-state index in [-0.39, 0.29) is 31.7 Å². The molecule has 158 valence electrons. The fourth-order valence-electron chi connectivity index (χ4n) is 3.72. The van der Waals surface area contributed by atoms with Crippen LogP contribution in [-0.2, 0) is 25.4 Å². The SMILES string of the molecule is CCOC(=O)C[C@@H](O)C[C@H](O)C[C@H]1C[C@H](CCc2ccccc2)OC(C)(C)O1. The Balaban J connectivity index is 1.81. The maximum absolute atomic E-state index is 11.4. The van der Waals surface area contributed by atoms with E-state index in [2.05, 4.69) is 12.1 Å². The lowest BCUT2D eigenvalue weighted by Crippen LogP contribution is -2.46. The van der Waals surface area contributed by atoms with Gasteiger partial charge >= 0.3 is 5.97 Å². The van der Waals surface area contributed by atoms with Crippen molar-refractivity contribution in [1.29, 1.82) is 0 Å². The van der Waals surface area contributed by atoms with Crippen molar-refractivity contribution in [2.45, 2.75) is 89.5 Å². The van der Waals surface area contributed by atoms with Crippen molar-refractivity contribution in [1.82, 2.24) is 0 Å². The van der Waals surface area contributed by atoms with Crippen LogP contribution in [0.3, 0.4) is 0 Å². The summed E-state index contributed by atoms with van der Waals surface area (Å²) < 4.78 is 16.9. The largest absolute Gasteiger partial charge is 0.466 e. The van der Waals surface area contributed by atoms with Gasteiger partial charge in [0.25, 0.3) is 0 Å². The Morgan fingerprint density at radius 2 is 1.86 bits per heavy atom. The second kappa shape index (κ2) is 10.9. The summed E-state index contributed by atoms with van der Waals surface area (Å²) in [5.74, 6) is -1.17. The number of aliphatic hydroxyl groups is 2. The molecule has 1 aromatic carbocycles. The van der Waals surface area contributed by atoms with Gasteiger partial charge in [-0.15, -0.1) is 0 Å². The van der Waals surface area contributed by atoms with Crippen LogP contribution in [0.2, 0.25) is 0 Å². The van der Waals surface area contributed by atoms with Gasteiger partial charge < -0.3 is 24.4 Å². The van der Waals surface area contributed by atoms with Crippen molar-refractivity contribution < 1.29 is 29.2 Å². The standard InChI is InChI=1S/C22H34O6/c1-4-26-21(25)14-18(24)12-17(23)13-20-15-19(27-22(2,3)28-20)11-10-16-8-6-5-7-9-16/h5-9,17-20,23-24H,4,10-15H2,1-3H3/t17-,18-,19-,20-/m0/s1. The molecule has 0 radical (unpaired) electrons. The minimum atomic E-state index is -0.921. The number of aryl methyl sites for hydroxylation is 1. The molecule has 1 aliphatic heterocycles. The Bertz CT molecular complexity index is 588. The van der Waals surface area contributed by atoms with E-state index < -0.39 is 24.0 Å². The van der Waals surface area contributed by atoms with Gasteiger partial charge in [0.1, 0.15) is 0 Å². The number of carbonyl (C=O) groups is 1. The summed E-state index contributed by atoms with van der Waals surface area (Å²) in [4.78, 5) is 11.4. The number of hydrogen-bond donors (Lipinski definition) is 2. The van der Waals surface area contributed by atoms with Crippen molar-refractivity contribution in [3.63, 3.8) is 0 Å². The third-order valence-electron chi connectivity index (χ3n) is 4.81. The first-order valence-corrected chi connectivity index (χ1v) is 10.2. The van der Waals surface area contributed by atoms with Gasteiger partial charge in [0.2, 0.25) is 0 Å². The Labute approximate surface area is 167 Å². The molecule has 0 aliphatic carbocycles. The summed E-state index contributed by atoms with van der Waals surface area (Å²) in [5.41, 5.74) is 1.27. The molecule has 28 heavy (non-hydrogen) atoms. The average molecular weight is 395 g/mol. The molecule has 1 aromatic rings. The molecule has 2 N–H and O–H groups in total. The highest BCUT2D eigenvalue weighted by atomic mass is 16.7. The van der Waals surface area contributed by atoms with Crippen molar-refractivity contribution in [3.8, 4) is 0 Å². The van der Waals surface area contributed by atoms with Crippen LogP contribution in [-0.4, -0.2) is 53.0 Å². The van der Waals surface area contributed by atoms with Gasteiger partial charge in [-0.25, -0.2) is 0 Å². The normalized spacial score (nSPS) is 23.8. The molecule has 0 aromatic heterocycles. The van der Waals surface area contributed by atoms with Crippen molar-refractivity contribution >= 4 is 5.97 Å². The quantitative estimate of drug-likeness (QED) is 0.594. The highest BCUT2D eigenvalue weighted by molar-refractivity contribution is 5.69. The van der Waals surface area contributed by atoms with Crippen molar-refractivity contribution in [3.05, 3.63) is 35.9 Å². The Kier molecular flexibility index (Phi) is 8.89. The molecular formula is C22H34O6. The van der Waals surface area contributed by atoms with Crippen molar-refractivity contribution in [2.75, 3.05) is 6.61 Å². The zero-order chi connectivity index (χ0) is 20.6. The summed E-state index contributed by atoms with van der Waals surface area (Å²) in [7, 11) is 0. The van der Waals surface area contributed by atoms with E-state index in [9.17, 15) is 15.0 Å². The zero-order valence-electron chi connectivity index (χ0n) is 17.2. The smallest absolute Gasteiger partial charge is 0.308 e. The molecule has 1 aliphatic rings. The number of carbonyl (C=O) groups excluding carboxylic acids is 1. The van der Waals surface area contributed by atoms with Crippen LogP contribution in [0.15, 0.2) is 30.3 Å². The molecule has 2 rings (SSSR count). The maximum atomic E-state index is 11.4. The summed E-state index contributed by atoms with van der Waals surface area (Å²) >= 11 is 0. The van der Waals surface area contributed by atoms with Crippen molar-refractivity contribution in [2.24, 2.45) is 0 Å². The molecule has 4 atom stereocenters. The lowest BCUT2D eigenvalue weighted by Gasteiger charge is -2.41. The lowest BCUT2D eigenvalue weighted by molar-refractivity contribution is -0.303. The molecule has 0 bridgehead atoms. The molecule has 0 unspecified atom stereocenters. The third-order valence-corrected chi connectivity index (χ3v) is 4.81. The highest BCUT2D eigenvalue weighted by Crippen LogP contribution is 2.31. The summed E-state index contributed by atoms with van der Waals surface area (Å²) in [5, 5.41) is 20.3. The minimum absolute atomic E-state index is 0.0469. The van der Waals surface area contributed by atoms with Gasteiger partial charge in [0.05, 0.1) is 37.4 Å². The molecule has 1 heterocycles. The number of ether oxygens (including phenoxy) is 3. The van der Waals surface area contributed by atoms with E-state index in [4.69, 9.17) is 14.2 Å². The van der Waals surface area contributed by atoms with Crippen LogP contribution in [0, 0.1) is 0 Å². The van der Waals surface area contributed by atoms with E-state index in [1.807, 2.05) is 32.0 Å². The first-order valence-electron chi connectivity index (χ1n) is 10.2. The summed E-state index contributed by atoms with van der Waals surface area (Å²) in [6, 6.07) is 10.3. The van der Waals surface area contributed by atoms with E-state index in [0.717, 1.165) is 12.8 Å². The predicted molar refractivity (Wildman–Crippen MR) is 106 cm³/mol. The highest BCUT2D eigenvalue weighted by Gasteiger charge is 2.36. The van der Waals surface area contributed by atoms with Gasteiger partial charge in [-0.2, -0.15) is 0 Å². The van der Waals surface area contributed by atoms with Gasteiger partial charge in [0, 0.05) is 6.42 Å². The molecule has 1 saturated heterocycles. The fourth-order valence-corrected chi connectivity index (χ4v) is 3.72. The summed E-state index contributed by atoms with van der Waals surface area (Å²) in [6.45, 7) is 5.77. The van der Waals surface area contributed by atoms with E-state index in [0.29, 0.717) is 12.8 Å². The Morgan fingerprint density at radius 1 is 1.18 bits per heavy atom.